The highest BCUT2D eigenvalue weighted by Gasteiger charge is 2.24. The molecule has 29 heavy (non-hydrogen) atoms. The van der Waals surface area contributed by atoms with Gasteiger partial charge in [-0.25, -0.2) is 4.79 Å². The zero-order chi connectivity index (χ0) is 20.2. The highest BCUT2D eigenvalue weighted by atomic mass is 16.1. The second-order valence-corrected chi connectivity index (χ2v) is 7.22. The lowest BCUT2D eigenvalue weighted by atomic mass is 10.1. The van der Waals surface area contributed by atoms with Gasteiger partial charge in [-0.2, -0.15) is 10.1 Å². The Labute approximate surface area is 170 Å². The number of aromatic nitrogens is 2. The van der Waals surface area contributed by atoms with Crippen molar-refractivity contribution in [2.24, 2.45) is 4.99 Å². The van der Waals surface area contributed by atoms with E-state index in [0.29, 0.717) is 11.5 Å². The number of H-pyrrole nitrogens is 1. The topological polar surface area (TPSA) is 67.8 Å². The molecule has 1 aliphatic heterocycles. The lowest BCUT2D eigenvalue weighted by Gasteiger charge is -2.36. The van der Waals surface area contributed by atoms with E-state index in [0.717, 1.165) is 43.1 Å². The third kappa shape index (κ3) is 3.86. The number of carbonyl (C=O) groups excluding carboxylic acids is 1. The largest absolute Gasteiger partial charge is 0.378 e. The Balaban J connectivity index is 1.56. The molecule has 1 fully saturated rings. The van der Waals surface area contributed by atoms with Gasteiger partial charge in [-0.1, -0.05) is 30.3 Å². The molecule has 1 saturated heterocycles. The quantitative estimate of drug-likeness (QED) is 0.536. The summed E-state index contributed by atoms with van der Waals surface area (Å²) in [5.41, 5.74) is 4.55. The summed E-state index contributed by atoms with van der Waals surface area (Å²) in [4.78, 5) is 21.7. The first-order valence-electron chi connectivity index (χ1n) is 9.66. The first-order chi connectivity index (χ1) is 14.2. The minimum atomic E-state index is 0.547. The summed E-state index contributed by atoms with van der Waals surface area (Å²) in [6.45, 7) is 3.38. The fraction of sp³-hybridized carbons (Fsp3) is 0.273. The van der Waals surface area contributed by atoms with Crippen molar-refractivity contribution in [2.75, 3.05) is 55.0 Å². The van der Waals surface area contributed by atoms with Crippen LogP contribution < -0.4 is 14.7 Å². The number of hydrogen-bond acceptors (Lipinski definition) is 6. The van der Waals surface area contributed by atoms with Crippen LogP contribution in [0.15, 0.2) is 59.6 Å². The molecule has 0 atom stereocenters. The summed E-state index contributed by atoms with van der Waals surface area (Å²) in [5, 5.41) is 7.56. The SMILES string of the molecule is CN(C)c1ccc(-c2[nH]nc(N3CCN(c4ccccc4)CC3)c2N=C=O)cc1. The number of anilines is 3. The van der Waals surface area contributed by atoms with E-state index in [4.69, 9.17) is 0 Å². The Morgan fingerprint density at radius 3 is 2.24 bits per heavy atom. The molecule has 2 aromatic carbocycles. The molecule has 0 saturated carbocycles. The minimum absolute atomic E-state index is 0.547. The van der Waals surface area contributed by atoms with Crippen LogP contribution >= 0.6 is 0 Å². The van der Waals surface area contributed by atoms with Crippen molar-refractivity contribution in [3.63, 3.8) is 0 Å². The van der Waals surface area contributed by atoms with E-state index in [1.165, 1.54) is 5.69 Å². The van der Waals surface area contributed by atoms with Crippen molar-refractivity contribution in [2.45, 2.75) is 0 Å². The molecule has 0 bridgehead atoms. The van der Waals surface area contributed by atoms with E-state index in [2.05, 4.69) is 49.3 Å². The molecule has 0 unspecified atom stereocenters. The van der Waals surface area contributed by atoms with Gasteiger partial charge in [-0.05, 0) is 24.3 Å². The van der Waals surface area contributed by atoms with Crippen molar-refractivity contribution < 1.29 is 4.79 Å². The molecule has 148 valence electrons. The number of benzene rings is 2. The average molecular weight is 388 g/mol. The first kappa shape index (κ1) is 18.8. The normalized spacial score (nSPS) is 13.9. The van der Waals surface area contributed by atoms with Crippen molar-refractivity contribution in [3.05, 3.63) is 54.6 Å². The summed E-state index contributed by atoms with van der Waals surface area (Å²) in [5.74, 6) is 0.702. The second kappa shape index (κ2) is 8.20. The number of hydrogen-bond donors (Lipinski definition) is 1. The third-order valence-electron chi connectivity index (χ3n) is 5.25. The van der Waals surface area contributed by atoms with Crippen molar-refractivity contribution in [1.82, 2.24) is 10.2 Å². The zero-order valence-corrected chi connectivity index (χ0v) is 16.7. The highest BCUT2D eigenvalue weighted by molar-refractivity contribution is 5.83. The number of para-hydroxylation sites is 1. The van der Waals surface area contributed by atoms with Gasteiger partial charge in [0.05, 0.1) is 5.69 Å². The Hall–Kier alpha value is -3.57. The van der Waals surface area contributed by atoms with Gasteiger partial charge in [0.25, 0.3) is 0 Å². The number of piperazine rings is 1. The van der Waals surface area contributed by atoms with E-state index < -0.39 is 0 Å². The first-order valence-corrected chi connectivity index (χ1v) is 9.66. The fourth-order valence-corrected chi connectivity index (χ4v) is 3.64. The van der Waals surface area contributed by atoms with Gasteiger partial charge in [0, 0.05) is 57.2 Å². The van der Waals surface area contributed by atoms with Crippen LogP contribution in [0.5, 0.6) is 0 Å². The Bertz CT molecular complexity index is 998. The van der Waals surface area contributed by atoms with Gasteiger partial charge < -0.3 is 14.7 Å². The summed E-state index contributed by atoms with van der Waals surface area (Å²) < 4.78 is 0. The summed E-state index contributed by atoms with van der Waals surface area (Å²) in [7, 11) is 4.00. The molecule has 0 spiro atoms. The molecule has 7 nitrogen and oxygen atoms in total. The Morgan fingerprint density at radius 2 is 1.62 bits per heavy atom. The predicted molar refractivity (Wildman–Crippen MR) is 117 cm³/mol. The van der Waals surface area contributed by atoms with Gasteiger partial charge in [-0.15, -0.1) is 0 Å². The summed E-state index contributed by atoms with van der Waals surface area (Å²) >= 11 is 0. The van der Waals surface area contributed by atoms with Crippen LogP contribution in [0.1, 0.15) is 0 Å². The summed E-state index contributed by atoms with van der Waals surface area (Å²) in [6.07, 6.45) is 1.69. The Kier molecular flexibility index (Phi) is 5.31. The van der Waals surface area contributed by atoms with E-state index >= 15 is 0 Å². The van der Waals surface area contributed by atoms with Gasteiger partial charge >= 0.3 is 0 Å². The van der Waals surface area contributed by atoms with E-state index in [-0.39, 0.29) is 0 Å². The van der Waals surface area contributed by atoms with Gasteiger partial charge in [0.15, 0.2) is 5.82 Å². The molecule has 3 aromatic rings. The number of nitrogens with zero attached hydrogens (tertiary/aromatic N) is 5. The molecule has 1 aliphatic rings. The molecule has 2 heterocycles. The average Bonchev–Trinajstić information content (AvgIpc) is 3.18. The van der Waals surface area contributed by atoms with Gasteiger partial charge in [0.1, 0.15) is 5.69 Å². The zero-order valence-electron chi connectivity index (χ0n) is 16.7. The standard InChI is InChI=1S/C22H24N6O/c1-26(2)18-10-8-17(9-11-18)20-21(23-16-29)22(25-24-20)28-14-12-27(13-15-28)19-6-4-3-5-7-19/h3-11H,12-15H2,1-2H3,(H,24,25). The summed E-state index contributed by atoms with van der Waals surface area (Å²) in [6, 6.07) is 18.5. The van der Waals surface area contributed by atoms with Crippen LogP contribution in [0.3, 0.4) is 0 Å². The van der Waals surface area contributed by atoms with Crippen LogP contribution in [0.2, 0.25) is 0 Å². The monoisotopic (exact) mass is 388 g/mol. The molecule has 1 aromatic heterocycles. The molecular formula is C22H24N6O. The maximum absolute atomic E-state index is 11.1. The van der Waals surface area contributed by atoms with Crippen LogP contribution in [0, 0.1) is 0 Å². The van der Waals surface area contributed by atoms with Crippen LogP contribution in [0.4, 0.5) is 22.9 Å². The third-order valence-corrected chi connectivity index (χ3v) is 5.25. The van der Waals surface area contributed by atoms with Crippen LogP contribution in [-0.4, -0.2) is 56.6 Å². The Morgan fingerprint density at radius 1 is 0.966 bits per heavy atom. The lowest BCUT2D eigenvalue weighted by Crippen LogP contribution is -2.46. The smallest absolute Gasteiger partial charge is 0.240 e. The maximum atomic E-state index is 11.1. The van der Waals surface area contributed by atoms with Gasteiger partial charge in [-0.3, -0.25) is 5.10 Å². The van der Waals surface area contributed by atoms with Gasteiger partial charge in [0.2, 0.25) is 6.08 Å². The number of aliphatic imine (C=N–C) groups is 1. The van der Waals surface area contributed by atoms with Crippen molar-refractivity contribution >= 4 is 29.0 Å². The number of nitrogens with one attached hydrogen (secondary N) is 1. The molecular weight excluding hydrogens is 364 g/mol. The molecule has 1 N–H and O–H groups in total. The molecule has 0 aliphatic carbocycles. The highest BCUT2D eigenvalue weighted by Crippen LogP contribution is 2.37. The van der Waals surface area contributed by atoms with Crippen molar-refractivity contribution in [3.8, 4) is 11.3 Å². The second-order valence-electron chi connectivity index (χ2n) is 7.22. The molecule has 4 rings (SSSR count). The maximum Gasteiger partial charge on any atom is 0.240 e. The minimum Gasteiger partial charge on any atom is -0.378 e. The molecule has 7 heteroatoms. The van der Waals surface area contributed by atoms with E-state index in [9.17, 15) is 4.79 Å². The number of rotatable bonds is 5. The molecule has 0 radical (unpaired) electrons. The lowest BCUT2D eigenvalue weighted by molar-refractivity contribution is 0.565. The van der Waals surface area contributed by atoms with Crippen LogP contribution in [-0.2, 0) is 4.79 Å². The predicted octanol–water partition coefficient (Wildman–Crippen LogP) is 3.44. The van der Waals surface area contributed by atoms with E-state index in [1.54, 1.807) is 6.08 Å². The fourth-order valence-electron chi connectivity index (χ4n) is 3.64. The van der Waals surface area contributed by atoms with Crippen molar-refractivity contribution in [1.29, 1.82) is 0 Å². The number of aromatic amines is 1. The number of isocyanates is 1. The van der Waals surface area contributed by atoms with E-state index in [1.807, 2.05) is 49.3 Å². The van der Waals surface area contributed by atoms with Crippen LogP contribution in [0.25, 0.3) is 11.3 Å². The molecule has 0 amide bonds.